The number of ether oxygens (including phenoxy) is 3. The molecule has 1 aliphatic rings. The number of aryl methyl sites for hydroxylation is 1. The van der Waals surface area contributed by atoms with Crippen LogP contribution in [0.4, 0.5) is 8.78 Å². The van der Waals surface area contributed by atoms with Crippen LogP contribution in [0, 0.1) is 18.6 Å². The van der Waals surface area contributed by atoms with Crippen molar-refractivity contribution in [2.75, 3.05) is 12.5 Å². The van der Waals surface area contributed by atoms with Gasteiger partial charge in [0.2, 0.25) is 6.79 Å². The van der Waals surface area contributed by atoms with Crippen molar-refractivity contribution in [3.05, 3.63) is 135 Å². The van der Waals surface area contributed by atoms with Gasteiger partial charge in [-0.05, 0) is 43.2 Å². The number of fused-ring (bicyclic) bond motifs is 1. The van der Waals surface area contributed by atoms with Crippen molar-refractivity contribution in [3.8, 4) is 22.8 Å². The van der Waals surface area contributed by atoms with E-state index >= 15 is 0 Å². The van der Waals surface area contributed by atoms with Gasteiger partial charge >= 0.3 is 0 Å². The number of thioether (sulfide) groups is 1. The number of para-hydroxylation sites is 1. The van der Waals surface area contributed by atoms with Crippen LogP contribution in [0.25, 0.3) is 11.3 Å². The lowest BCUT2D eigenvalue weighted by molar-refractivity contribution is 0.0364. The molecule has 1 atom stereocenters. The van der Waals surface area contributed by atoms with Gasteiger partial charge in [0.1, 0.15) is 5.82 Å². The van der Waals surface area contributed by atoms with Crippen molar-refractivity contribution >= 4 is 11.8 Å². The van der Waals surface area contributed by atoms with Gasteiger partial charge in [-0.25, -0.2) is 18.7 Å². The highest BCUT2D eigenvalue weighted by molar-refractivity contribution is 7.99. The normalized spacial score (nSPS) is 12.8. The summed E-state index contributed by atoms with van der Waals surface area (Å²) in [7, 11) is 0. The molecule has 0 radical (unpaired) electrons. The number of nitrogens with zero attached hydrogens (tertiary/aromatic N) is 3. The standard InChI is InChI=1S/C34H29F2N3O4S/c1-22-16-29(26-17-28(36)33(40)39(19-26)18-24-11-7-13-31-32(24)43-21-42-31)38-34(37-22)44-15-14-30(23-8-3-2-4-9-23)41-20-25-10-5-6-12-27(25)35/h2-13,16-17,19,30H,14-15,18,20-21H2,1H3. The van der Waals surface area contributed by atoms with Crippen LogP contribution in [0.2, 0.25) is 0 Å². The van der Waals surface area contributed by atoms with Crippen molar-refractivity contribution in [1.82, 2.24) is 14.5 Å². The van der Waals surface area contributed by atoms with E-state index < -0.39 is 11.4 Å². The zero-order chi connectivity index (χ0) is 30.5. The maximum absolute atomic E-state index is 14.9. The molecule has 0 saturated heterocycles. The molecule has 0 spiro atoms. The first-order valence-corrected chi connectivity index (χ1v) is 15.1. The number of halogens is 2. The summed E-state index contributed by atoms with van der Waals surface area (Å²) >= 11 is 1.45. The van der Waals surface area contributed by atoms with Gasteiger partial charge < -0.3 is 18.8 Å². The quantitative estimate of drug-likeness (QED) is 0.116. The van der Waals surface area contributed by atoms with Gasteiger partial charge in [0.25, 0.3) is 5.56 Å². The van der Waals surface area contributed by atoms with Gasteiger partial charge in [-0.3, -0.25) is 4.79 Å². The molecule has 0 saturated carbocycles. The lowest BCUT2D eigenvalue weighted by Gasteiger charge is -2.18. The zero-order valence-electron chi connectivity index (χ0n) is 23.9. The molecule has 0 amide bonds. The average Bonchev–Trinajstić information content (AvgIpc) is 3.52. The molecule has 0 N–H and O–H groups in total. The number of aromatic nitrogens is 3. The van der Waals surface area contributed by atoms with Crippen LogP contribution in [-0.2, 0) is 17.9 Å². The predicted octanol–water partition coefficient (Wildman–Crippen LogP) is 7.11. The summed E-state index contributed by atoms with van der Waals surface area (Å²) in [5.74, 6) is 0.581. The number of pyridine rings is 1. The van der Waals surface area contributed by atoms with Crippen LogP contribution in [0.1, 0.15) is 34.9 Å². The Balaban J connectivity index is 1.19. The first-order chi connectivity index (χ1) is 21.4. The third kappa shape index (κ3) is 6.82. The summed E-state index contributed by atoms with van der Waals surface area (Å²) in [6, 6.07) is 24.8. The van der Waals surface area contributed by atoms with Crippen LogP contribution in [0.3, 0.4) is 0 Å². The molecule has 10 heteroatoms. The predicted molar refractivity (Wildman–Crippen MR) is 164 cm³/mol. The second kappa shape index (κ2) is 13.4. The Hall–Kier alpha value is -4.54. The zero-order valence-corrected chi connectivity index (χ0v) is 24.7. The van der Waals surface area contributed by atoms with Gasteiger partial charge in [-0.1, -0.05) is 72.4 Å². The van der Waals surface area contributed by atoms with E-state index in [1.165, 1.54) is 28.5 Å². The highest BCUT2D eigenvalue weighted by Crippen LogP contribution is 2.36. The monoisotopic (exact) mass is 613 g/mol. The Bertz CT molecular complexity index is 1830. The molecule has 1 aliphatic heterocycles. The minimum Gasteiger partial charge on any atom is -0.454 e. The smallest absolute Gasteiger partial charge is 0.286 e. The fourth-order valence-corrected chi connectivity index (χ4v) is 5.87. The summed E-state index contributed by atoms with van der Waals surface area (Å²) in [5, 5.41) is 0.519. The molecule has 2 aromatic heterocycles. The van der Waals surface area contributed by atoms with E-state index in [0.717, 1.165) is 5.56 Å². The van der Waals surface area contributed by atoms with Crippen LogP contribution >= 0.6 is 11.8 Å². The molecular formula is C34H29F2N3O4S. The Morgan fingerprint density at radius 1 is 0.932 bits per heavy atom. The summed E-state index contributed by atoms with van der Waals surface area (Å²) < 4.78 is 47.6. The molecule has 44 heavy (non-hydrogen) atoms. The SMILES string of the molecule is Cc1cc(-c2cc(F)c(=O)n(Cc3cccc4c3OCO4)c2)nc(SCCC(OCc2ccccc2F)c2ccccc2)n1. The maximum atomic E-state index is 14.9. The van der Waals surface area contributed by atoms with E-state index in [-0.39, 0.29) is 31.9 Å². The number of hydrogen-bond acceptors (Lipinski definition) is 7. The van der Waals surface area contributed by atoms with Crippen molar-refractivity contribution in [2.45, 2.75) is 37.8 Å². The molecule has 1 unspecified atom stereocenters. The Morgan fingerprint density at radius 3 is 2.57 bits per heavy atom. The topological polar surface area (TPSA) is 75.5 Å². The largest absolute Gasteiger partial charge is 0.454 e. The second-order valence-corrected chi connectivity index (χ2v) is 11.3. The lowest BCUT2D eigenvalue weighted by atomic mass is 10.1. The third-order valence-electron chi connectivity index (χ3n) is 7.17. The summed E-state index contributed by atoms with van der Waals surface area (Å²) in [6.45, 7) is 2.19. The molecule has 6 rings (SSSR count). The van der Waals surface area contributed by atoms with E-state index in [1.54, 1.807) is 42.6 Å². The van der Waals surface area contributed by atoms with Crippen LogP contribution in [0.5, 0.6) is 11.5 Å². The van der Waals surface area contributed by atoms with Crippen molar-refractivity contribution in [3.63, 3.8) is 0 Å². The minimum absolute atomic E-state index is 0.0973. The van der Waals surface area contributed by atoms with Crippen LogP contribution in [-0.4, -0.2) is 27.1 Å². The van der Waals surface area contributed by atoms with Gasteiger partial charge in [0.15, 0.2) is 22.5 Å². The van der Waals surface area contributed by atoms with E-state index in [0.29, 0.717) is 56.9 Å². The number of rotatable bonds is 11. The van der Waals surface area contributed by atoms with E-state index in [1.807, 2.05) is 43.3 Å². The van der Waals surface area contributed by atoms with E-state index in [2.05, 4.69) is 4.98 Å². The van der Waals surface area contributed by atoms with Crippen LogP contribution in [0.15, 0.2) is 101 Å². The minimum atomic E-state index is -0.879. The first-order valence-electron chi connectivity index (χ1n) is 14.1. The molecule has 224 valence electrons. The fraction of sp³-hybridized carbons (Fsp3) is 0.206. The second-order valence-electron chi connectivity index (χ2n) is 10.3. The summed E-state index contributed by atoms with van der Waals surface area (Å²) in [4.78, 5) is 22.0. The number of benzene rings is 3. The van der Waals surface area contributed by atoms with Gasteiger partial charge in [0, 0.05) is 34.3 Å². The Labute approximate surface area is 257 Å². The third-order valence-corrected chi connectivity index (χ3v) is 8.05. The molecule has 0 bridgehead atoms. The highest BCUT2D eigenvalue weighted by Gasteiger charge is 2.19. The molecular weight excluding hydrogens is 584 g/mol. The summed E-state index contributed by atoms with van der Waals surface area (Å²) in [6.07, 6.45) is 1.96. The molecule has 3 heterocycles. The number of hydrogen-bond donors (Lipinski definition) is 0. The van der Waals surface area contributed by atoms with E-state index in [4.69, 9.17) is 19.2 Å². The average molecular weight is 614 g/mol. The Kier molecular flexibility index (Phi) is 8.99. The molecule has 3 aromatic carbocycles. The maximum Gasteiger partial charge on any atom is 0.286 e. The molecule has 5 aromatic rings. The van der Waals surface area contributed by atoms with Gasteiger partial charge in [-0.15, -0.1) is 0 Å². The molecule has 7 nitrogen and oxygen atoms in total. The van der Waals surface area contributed by atoms with E-state index in [9.17, 15) is 13.6 Å². The molecule has 0 aliphatic carbocycles. The van der Waals surface area contributed by atoms with Crippen molar-refractivity contribution in [2.24, 2.45) is 0 Å². The van der Waals surface area contributed by atoms with Crippen molar-refractivity contribution < 1.29 is 23.0 Å². The van der Waals surface area contributed by atoms with Crippen molar-refractivity contribution in [1.29, 1.82) is 0 Å². The fourth-order valence-electron chi connectivity index (χ4n) is 4.99. The molecule has 0 fully saturated rings. The van der Waals surface area contributed by atoms with Crippen LogP contribution < -0.4 is 15.0 Å². The summed E-state index contributed by atoms with van der Waals surface area (Å²) in [5.41, 5.74) is 3.12. The first kappa shape index (κ1) is 29.5. The van der Waals surface area contributed by atoms with Gasteiger partial charge in [-0.2, -0.15) is 0 Å². The Morgan fingerprint density at radius 2 is 1.73 bits per heavy atom. The van der Waals surface area contributed by atoms with Gasteiger partial charge in [0.05, 0.1) is 24.9 Å². The lowest BCUT2D eigenvalue weighted by Crippen LogP contribution is -2.23. The highest BCUT2D eigenvalue weighted by atomic mass is 32.2.